The Morgan fingerprint density at radius 3 is 2.72 bits per heavy atom. The summed E-state index contributed by atoms with van der Waals surface area (Å²) in [5.41, 5.74) is 13.9. The van der Waals surface area contributed by atoms with Crippen LogP contribution in [0.1, 0.15) is 11.1 Å². The molecule has 0 saturated carbocycles. The molecule has 2 heterocycles. The van der Waals surface area contributed by atoms with Crippen LogP contribution in [0.2, 0.25) is 0 Å². The molecule has 7 nitrogen and oxygen atoms in total. The Bertz CT molecular complexity index is 955. The molecule has 0 radical (unpaired) electrons. The van der Waals surface area contributed by atoms with E-state index in [0.717, 1.165) is 5.56 Å². The lowest BCUT2D eigenvalue weighted by Crippen LogP contribution is -2.03. The van der Waals surface area contributed by atoms with Crippen LogP contribution in [0.5, 0.6) is 5.75 Å². The fourth-order valence-corrected chi connectivity index (χ4v) is 2.95. The van der Waals surface area contributed by atoms with E-state index in [1.165, 1.54) is 17.8 Å². The summed E-state index contributed by atoms with van der Waals surface area (Å²) in [7, 11) is 0. The van der Waals surface area contributed by atoms with Gasteiger partial charge in [-0.25, -0.2) is 9.97 Å². The fourth-order valence-electron chi connectivity index (χ4n) is 2.16. The molecule has 25 heavy (non-hydrogen) atoms. The highest BCUT2D eigenvalue weighted by molar-refractivity contribution is 7.98. The molecule has 0 bridgehead atoms. The summed E-state index contributed by atoms with van der Waals surface area (Å²) in [6, 6.07) is 10.5. The van der Waals surface area contributed by atoms with Crippen LogP contribution in [0.3, 0.4) is 0 Å². The highest BCUT2D eigenvalue weighted by Crippen LogP contribution is 2.32. The summed E-state index contributed by atoms with van der Waals surface area (Å²) in [5, 5.41) is 19.6. The molecule has 0 spiro atoms. The van der Waals surface area contributed by atoms with Crippen LogP contribution in [-0.4, -0.2) is 20.1 Å². The average molecular weight is 350 g/mol. The lowest BCUT2D eigenvalue weighted by atomic mass is 10.1. The van der Waals surface area contributed by atoms with Crippen molar-refractivity contribution in [3.8, 4) is 23.1 Å². The topological polar surface area (TPSA) is 135 Å². The van der Waals surface area contributed by atoms with Crippen LogP contribution in [0.15, 0.2) is 47.9 Å². The van der Waals surface area contributed by atoms with Gasteiger partial charge in [-0.2, -0.15) is 5.26 Å². The number of aromatic nitrogens is 3. The van der Waals surface area contributed by atoms with E-state index in [2.05, 4.69) is 15.0 Å². The second-order valence-corrected chi connectivity index (χ2v) is 6.09. The first-order valence-corrected chi connectivity index (χ1v) is 8.25. The number of hydrogen-bond donors (Lipinski definition) is 3. The smallest absolute Gasteiger partial charge is 0.190 e. The lowest BCUT2D eigenvalue weighted by molar-refractivity contribution is 0.478. The Morgan fingerprint density at radius 2 is 2.04 bits per heavy atom. The van der Waals surface area contributed by atoms with Gasteiger partial charge in [-0.1, -0.05) is 23.9 Å². The molecule has 0 aliphatic carbocycles. The molecule has 3 aromatic rings. The summed E-state index contributed by atoms with van der Waals surface area (Å²) in [5.74, 6) is 0.631. The van der Waals surface area contributed by atoms with E-state index in [1.54, 1.807) is 24.5 Å². The number of phenolic OH excluding ortho intramolecular Hbond substituents is 1. The number of aromatic hydroxyl groups is 1. The number of rotatable bonds is 4. The summed E-state index contributed by atoms with van der Waals surface area (Å²) < 4.78 is 0. The van der Waals surface area contributed by atoms with Gasteiger partial charge < -0.3 is 16.6 Å². The van der Waals surface area contributed by atoms with E-state index in [1.807, 2.05) is 18.2 Å². The van der Waals surface area contributed by atoms with Crippen LogP contribution in [0.4, 0.5) is 11.5 Å². The number of nitriles is 1. The third-order valence-electron chi connectivity index (χ3n) is 3.42. The molecule has 2 aromatic heterocycles. The zero-order chi connectivity index (χ0) is 17.8. The Labute approximate surface area is 148 Å². The monoisotopic (exact) mass is 350 g/mol. The minimum Gasteiger partial charge on any atom is -0.506 e. The minimum atomic E-state index is -0.0804. The van der Waals surface area contributed by atoms with Crippen LogP contribution >= 0.6 is 11.8 Å². The summed E-state index contributed by atoms with van der Waals surface area (Å²) in [6.07, 6.45) is 3.47. The molecule has 5 N–H and O–H groups in total. The number of nitrogen functional groups attached to an aromatic ring is 2. The molecule has 0 fully saturated rings. The molecule has 0 amide bonds. The van der Waals surface area contributed by atoms with Gasteiger partial charge in [-0.15, -0.1) is 0 Å². The van der Waals surface area contributed by atoms with Crippen molar-refractivity contribution in [2.75, 3.05) is 11.5 Å². The van der Waals surface area contributed by atoms with Crippen molar-refractivity contribution in [2.45, 2.75) is 10.9 Å². The predicted molar refractivity (Wildman–Crippen MR) is 96.5 cm³/mol. The van der Waals surface area contributed by atoms with E-state index < -0.39 is 0 Å². The highest BCUT2D eigenvalue weighted by atomic mass is 32.2. The second kappa shape index (κ2) is 7.07. The molecule has 3 rings (SSSR count). The van der Waals surface area contributed by atoms with Crippen molar-refractivity contribution < 1.29 is 5.11 Å². The number of benzene rings is 1. The molecular formula is C17H14N6OS. The number of hydrogen-bond acceptors (Lipinski definition) is 8. The second-order valence-electron chi connectivity index (χ2n) is 5.15. The number of phenols is 1. The van der Waals surface area contributed by atoms with E-state index in [9.17, 15) is 10.4 Å². The maximum absolute atomic E-state index is 9.82. The van der Waals surface area contributed by atoms with Gasteiger partial charge in [-0.05, 0) is 23.8 Å². The first-order chi connectivity index (χ1) is 12.1. The number of pyridine rings is 1. The molecular weight excluding hydrogens is 336 g/mol. The number of anilines is 2. The Hall–Kier alpha value is -3.31. The van der Waals surface area contributed by atoms with Crippen molar-refractivity contribution in [1.82, 2.24) is 15.0 Å². The van der Waals surface area contributed by atoms with Crippen molar-refractivity contribution in [1.29, 1.82) is 5.26 Å². The van der Waals surface area contributed by atoms with Crippen LogP contribution < -0.4 is 11.5 Å². The number of nitrogens with two attached hydrogens (primary N) is 2. The van der Waals surface area contributed by atoms with Crippen molar-refractivity contribution in [3.63, 3.8) is 0 Å². The predicted octanol–water partition coefficient (Wildman–Crippen LogP) is 2.57. The molecule has 0 atom stereocenters. The Balaban J connectivity index is 1.98. The molecule has 0 saturated heterocycles. The van der Waals surface area contributed by atoms with Gasteiger partial charge in [0, 0.05) is 23.7 Å². The van der Waals surface area contributed by atoms with E-state index in [-0.39, 0.29) is 22.8 Å². The molecule has 0 aliphatic heterocycles. The summed E-state index contributed by atoms with van der Waals surface area (Å²) >= 11 is 1.38. The van der Waals surface area contributed by atoms with Crippen molar-refractivity contribution in [2.24, 2.45) is 0 Å². The fraction of sp³-hybridized carbons (Fsp3) is 0.0588. The first kappa shape index (κ1) is 16.5. The third-order valence-corrected chi connectivity index (χ3v) is 4.34. The molecule has 8 heteroatoms. The van der Waals surface area contributed by atoms with Gasteiger partial charge in [0.05, 0.1) is 11.4 Å². The molecule has 0 unspecified atom stereocenters. The SMILES string of the molecule is N#Cc1c(N)nc(SCc2cccnc2)nc1-c1ccc(N)c(O)c1. The van der Waals surface area contributed by atoms with Gasteiger partial charge in [0.2, 0.25) is 0 Å². The summed E-state index contributed by atoms with van der Waals surface area (Å²) in [4.78, 5) is 12.7. The van der Waals surface area contributed by atoms with Crippen molar-refractivity contribution in [3.05, 3.63) is 53.9 Å². The van der Waals surface area contributed by atoms with Gasteiger partial charge in [0.1, 0.15) is 23.2 Å². The molecule has 0 aliphatic rings. The van der Waals surface area contributed by atoms with Gasteiger partial charge in [0.15, 0.2) is 5.16 Å². The maximum Gasteiger partial charge on any atom is 0.190 e. The average Bonchev–Trinajstić information content (AvgIpc) is 2.62. The van der Waals surface area contributed by atoms with E-state index in [4.69, 9.17) is 11.5 Å². The normalized spacial score (nSPS) is 10.4. The molecule has 1 aromatic carbocycles. The third kappa shape index (κ3) is 3.62. The minimum absolute atomic E-state index is 0.0804. The largest absolute Gasteiger partial charge is 0.506 e. The number of thioether (sulfide) groups is 1. The highest BCUT2D eigenvalue weighted by Gasteiger charge is 2.15. The van der Waals surface area contributed by atoms with Crippen molar-refractivity contribution >= 4 is 23.3 Å². The van der Waals surface area contributed by atoms with Crippen LogP contribution in [0.25, 0.3) is 11.3 Å². The maximum atomic E-state index is 9.82. The van der Waals surface area contributed by atoms with Gasteiger partial charge in [-0.3, -0.25) is 4.98 Å². The van der Waals surface area contributed by atoms with E-state index in [0.29, 0.717) is 22.2 Å². The lowest BCUT2D eigenvalue weighted by Gasteiger charge is -2.09. The van der Waals surface area contributed by atoms with Crippen LogP contribution in [-0.2, 0) is 5.75 Å². The quantitative estimate of drug-likeness (QED) is 0.283. The molecule has 124 valence electrons. The zero-order valence-corrected chi connectivity index (χ0v) is 13.9. The first-order valence-electron chi connectivity index (χ1n) is 7.26. The standard InChI is InChI=1S/C17H14N6OS/c18-7-12-15(11-3-4-13(19)14(24)6-11)22-17(23-16(12)20)25-9-10-2-1-5-21-8-10/h1-6,8,24H,9,19H2,(H2,20,22,23). The van der Waals surface area contributed by atoms with Gasteiger partial charge in [0.25, 0.3) is 0 Å². The van der Waals surface area contributed by atoms with Gasteiger partial charge >= 0.3 is 0 Å². The Morgan fingerprint density at radius 1 is 1.20 bits per heavy atom. The number of nitrogens with zero attached hydrogens (tertiary/aromatic N) is 4. The zero-order valence-electron chi connectivity index (χ0n) is 13.0. The Kier molecular flexibility index (Phi) is 4.68. The summed E-state index contributed by atoms with van der Waals surface area (Å²) in [6.45, 7) is 0. The van der Waals surface area contributed by atoms with Crippen LogP contribution in [0, 0.1) is 11.3 Å². The van der Waals surface area contributed by atoms with E-state index >= 15 is 0 Å².